The molecule has 0 aromatic rings. The van der Waals surface area contributed by atoms with E-state index in [-0.39, 0.29) is 12.3 Å². The Morgan fingerprint density at radius 1 is 1.70 bits per heavy atom. The molecule has 1 atom stereocenters. The molecular formula is C6H13NO3. The number of oxime groups is 1. The molecule has 4 heteroatoms. The molecule has 60 valence electrons. The summed E-state index contributed by atoms with van der Waals surface area (Å²) in [4.78, 5) is 4.39. The Morgan fingerprint density at radius 2 is 2.30 bits per heavy atom. The van der Waals surface area contributed by atoms with Gasteiger partial charge in [-0.05, 0) is 6.42 Å². The lowest BCUT2D eigenvalue weighted by Gasteiger charge is -2.06. The molecule has 0 aliphatic carbocycles. The maximum Gasteiger partial charge on any atom is 0.111 e. The Balaban J connectivity index is 3.92. The van der Waals surface area contributed by atoms with E-state index in [2.05, 4.69) is 9.99 Å². The number of hydrogen-bond acceptors (Lipinski definition) is 4. The molecule has 0 aliphatic heterocycles. The van der Waals surface area contributed by atoms with Crippen LogP contribution in [0.15, 0.2) is 5.16 Å². The van der Waals surface area contributed by atoms with E-state index in [1.165, 1.54) is 7.11 Å². The summed E-state index contributed by atoms with van der Waals surface area (Å²) in [5, 5.41) is 21.1. The fourth-order valence-electron chi connectivity index (χ4n) is 0.548. The Hall–Kier alpha value is -0.610. The highest BCUT2D eigenvalue weighted by Gasteiger charge is 2.08. The predicted molar refractivity (Wildman–Crippen MR) is 37.8 cm³/mol. The monoisotopic (exact) mass is 147 g/mol. The number of rotatable bonds is 4. The summed E-state index contributed by atoms with van der Waals surface area (Å²) >= 11 is 0. The number of hydrogen-bond donors (Lipinski definition) is 2. The molecule has 0 aliphatic rings. The van der Waals surface area contributed by atoms with E-state index in [1.54, 1.807) is 6.92 Å². The molecule has 0 amide bonds. The minimum atomic E-state index is -0.690. The summed E-state index contributed by atoms with van der Waals surface area (Å²) in [5.74, 6) is 0. The largest absolute Gasteiger partial charge is 0.399 e. The van der Waals surface area contributed by atoms with Gasteiger partial charge in [0.25, 0.3) is 0 Å². The molecule has 0 aromatic carbocycles. The average molecular weight is 147 g/mol. The lowest BCUT2D eigenvalue weighted by atomic mass is 10.2. The zero-order chi connectivity index (χ0) is 7.98. The zero-order valence-electron chi connectivity index (χ0n) is 6.24. The molecule has 0 rings (SSSR count). The standard InChI is InChI=1S/C6H13NO3/c1-3-6(9)5(4-8)7-10-2/h6,8-9H,3-4H2,1-2H3/b7-5+. The third kappa shape index (κ3) is 2.80. The first kappa shape index (κ1) is 9.39. The lowest BCUT2D eigenvalue weighted by Crippen LogP contribution is -2.23. The van der Waals surface area contributed by atoms with Gasteiger partial charge in [0.15, 0.2) is 0 Å². The van der Waals surface area contributed by atoms with Crippen molar-refractivity contribution in [3.63, 3.8) is 0 Å². The molecule has 0 heterocycles. The van der Waals surface area contributed by atoms with Crippen LogP contribution in [0.5, 0.6) is 0 Å². The highest BCUT2D eigenvalue weighted by Crippen LogP contribution is 1.93. The maximum atomic E-state index is 9.08. The molecule has 0 saturated heterocycles. The van der Waals surface area contributed by atoms with Crippen molar-refractivity contribution in [2.75, 3.05) is 13.7 Å². The molecule has 0 spiro atoms. The zero-order valence-corrected chi connectivity index (χ0v) is 6.24. The van der Waals surface area contributed by atoms with Crippen molar-refractivity contribution in [3.8, 4) is 0 Å². The van der Waals surface area contributed by atoms with E-state index in [0.29, 0.717) is 6.42 Å². The summed E-state index contributed by atoms with van der Waals surface area (Å²) in [5.41, 5.74) is 0.269. The van der Waals surface area contributed by atoms with Crippen LogP contribution >= 0.6 is 0 Å². The highest BCUT2D eigenvalue weighted by atomic mass is 16.6. The molecule has 0 fully saturated rings. The van der Waals surface area contributed by atoms with E-state index in [9.17, 15) is 0 Å². The molecule has 0 aromatic heterocycles. The van der Waals surface area contributed by atoms with E-state index >= 15 is 0 Å². The molecule has 0 bridgehead atoms. The normalized spacial score (nSPS) is 15.0. The summed E-state index contributed by atoms with van der Waals surface area (Å²) in [6.07, 6.45) is -0.159. The smallest absolute Gasteiger partial charge is 0.111 e. The third-order valence-electron chi connectivity index (χ3n) is 1.14. The van der Waals surface area contributed by atoms with Crippen LogP contribution in [-0.4, -0.2) is 35.7 Å². The second kappa shape index (κ2) is 5.20. The Bertz CT molecular complexity index is 114. The third-order valence-corrected chi connectivity index (χ3v) is 1.14. The van der Waals surface area contributed by atoms with Crippen molar-refractivity contribution in [2.45, 2.75) is 19.4 Å². The summed E-state index contributed by atoms with van der Waals surface area (Å²) in [6, 6.07) is 0. The minimum Gasteiger partial charge on any atom is -0.399 e. The fraction of sp³-hybridized carbons (Fsp3) is 0.833. The summed E-state index contributed by atoms with van der Waals surface area (Å²) in [7, 11) is 1.37. The first-order valence-electron chi connectivity index (χ1n) is 3.15. The first-order chi connectivity index (χ1) is 4.76. The van der Waals surface area contributed by atoms with E-state index in [0.717, 1.165) is 0 Å². The van der Waals surface area contributed by atoms with Crippen molar-refractivity contribution in [1.82, 2.24) is 0 Å². The molecular weight excluding hydrogens is 134 g/mol. The van der Waals surface area contributed by atoms with Crippen molar-refractivity contribution in [3.05, 3.63) is 0 Å². The van der Waals surface area contributed by atoms with Crippen LogP contribution in [0.2, 0.25) is 0 Å². The summed E-state index contributed by atoms with van der Waals surface area (Å²) in [6.45, 7) is 1.54. The molecule has 4 nitrogen and oxygen atoms in total. The molecule has 0 radical (unpaired) electrons. The second-order valence-corrected chi connectivity index (χ2v) is 1.85. The SMILES string of the molecule is CCC(O)/C(CO)=N/OC. The van der Waals surface area contributed by atoms with Crippen LogP contribution in [0.3, 0.4) is 0 Å². The van der Waals surface area contributed by atoms with Crippen molar-refractivity contribution in [1.29, 1.82) is 0 Å². The van der Waals surface area contributed by atoms with Crippen LogP contribution in [0.4, 0.5) is 0 Å². The number of aliphatic hydroxyl groups excluding tert-OH is 2. The van der Waals surface area contributed by atoms with Crippen LogP contribution in [-0.2, 0) is 4.84 Å². The Kier molecular flexibility index (Phi) is 4.88. The van der Waals surface area contributed by atoms with Crippen molar-refractivity contribution in [2.24, 2.45) is 5.16 Å². The van der Waals surface area contributed by atoms with E-state index in [4.69, 9.17) is 10.2 Å². The van der Waals surface area contributed by atoms with Gasteiger partial charge < -0.3 is 15.1 Å². The number of aliphatic hydroxyl groups is 2. The lowest BCUT2D eigenvalue weighted by molar-refractivity contribution is 0.183. The van der Waals surface area contributed by atoms with Crippen LogP contribution in [0.1, 0.15) is 13.3 Å². The van der Waals surface area contributed by atoms with Crippen LogP contribution in [0, 0.1) is 0 Å². The molecule has 2 N–H and O–H groups in total. The van der Waals surface area contributed by atoms with Gasteiger partial charge in [-0.3, -0.25) is 0 Å². The van der Waals surface area contributed by atoms with Gasteiger partial charge in [0.2, 0.25) is 0 Å². The molecule has 0 saturated carbocycles. The van der Waals surface area contributed by atoms with Gasteiger partial charge in [0.1, 0.15) is 12.8 Å². The highest BCUT2D eigenvalue weighted by molar-refractivity contribution is 5.88. The average Bonchev–Trinajstić information content (AvgIpc) is 1.99. The van der Waals surface area contributed by atoms with Crippen LogP contribution in [0.25, 0.3) is 0 Å². The maximum absolute atomic E-state index is 9.08. The van der Waals surface area contributed by atoms with Gasteiger partial charge in [-0.25, -0.2) is 0 Å². The van der Waals surface area contributed by atoms with Crippen molar-refractivity contribution < 1.29 is 15.1 Å². The topological polar surface area (TPSA) is 62.0 Å². The van der Waals surface area contributed by atoms with Gasteiger partial charge in [-0.2, -0.15) is 0 Å². The first-order valence-corrected chi connectivity index (χ1v) is 3.15. The Morgan fingerprint density at radius 3 is 2.60 bits per heavy atom. The number of nitrogens with zero attached hydrogens (tertiary/aromatic N) is 1. The minimum absolute atomic E-state index is 0.261. The second-order valence-electron chi connectivity index (χ2n) is 1.85. The van der Waals surface area contributed by atoms with Gasteiger partial charge in [-0.1, -0.05) is 12.1 Å². The van der Waals surface area contributed by atoms with Crippen LogP contribution < -0.4 is 0 Å². The molecule has 1 unspecified atom stereocenters. The molecule has 10 heavy (non-hydrogen) atoms. The van der Waals surface area contributed by atoms with E-state index < -0.39 is 6.10 Å². The van der Waals surface area contributed by atoms with Gasteiger partial charge in [0, 0.05) is 0 Å². The summed E-state index contributed by atoms with van der Waals surface area (Å²) < 4.78 is 0. The van der Waals surface area contributed by atoms with E-state index in [1.807, 2.05) is 0 Å². The van der Waals surface area contributed by atoms with Crippen molar-refractivity contribution >= 4 is 5.71 Å². The van der Waals surface area contributed by atoms with Gasteiger partial charge >= 0.3 is 0 Å². The quantitative estimate of drug-likeness (QED) is 0.426. The fourth-order valence-corrected chi connectivity index (χ4v) is 0.548. The van der Waals surface area contributed by atoms with Gasteiger partial charge in [0.05, 0.1) is 12.7 Å². The Labute approximate surface area is 60.1 Å². The van der Waals surface area contributed by atoms with Gasteiger partial charge in [-0.15, -0.1) is 0 Å². The predicted octanol–water partition coefficient (Wildman–Crippen LogP) is -0.248.